The lowest BCUT2D eigenvalue weighted by Gasteiger charge is -2.23. The van der Waals surface area contributed by atoms with Crippen molar-refractivity contribution in [1.82, 2.24) is 5.48 Å². The molecule has 2 N–H and O–H groups in total. The number of benzene rings is 2. The number of nitrogens with one attached hydrogen (secondary N) is 1. The van der Waals surface area contributed by atoms with Crippen LogP contribution < -0.4 is 5.48 Å². The first-order chi connectivity index (χ1) is 11.9. The molecule has 0 heterocycles. The Morgan fingerprint density at radius 2 is 1.84 bits per heavy atom. The summed E-state index contributed by atoms with van der Waals surface area (Å²) in [5.41, 5.74) is 6.90. The minimum atomic E-state index is -0.501. The summed E-state index contributed by atoms with van der Waals surface area (Å²) < 4.78 is 0. The predicted molar refractivity (Wildman–Crippen MR) is 96.0 cm³/mol. The Balaban J connectivity index is 1.88. The lowest BCUT2D eigenvalue weighted by atomic mass is 9.82. The molecular formula is C21H22N2O2. The highest BCUT2D eigenvalue weighted by atomic mass is 16.5. The number of nitrogens with zero attached hydrogens (tertiary/aromatic N) is 1. The number of carbonyl (C=O) groups is 1. The molecule has 0 fully saturated rings. The lowest BCUT2D eigenvalue weighted by Crippen LogP contribution is -2.31. The number of hydroxylamine groups is 1. The van der Waals surface area contributed by atoms with E-state index in [1.165, 1.54) is 11.1 Å². The summed E-state index contributed by atoms with van der Waals surface area (Å²) in [6.45, 7) is 3.82. The van der Waals surface area contributed by atoms with Crippen molar-refractivity contribution in [2.75, 3.05) is 0 Å². The van der Waals surface area contributed by atoms with Gasteiger partial charge < -0.3 is 0 Å². The molecule has 3 rings (SSSR count). The summed E-state index contributed by atoms with van der Waals surface area (Å²) in [6, 6.07) is 16.8. The second kappa shape index (κ2) is 6.70. The molecule has 0 saturated heterocycles. The van der Waals surface area contributed by atoms with Crippen molar-refractivity contribution >= 4 is 5.91 Å². The Morgan fingerprint density at radius 3 is 2.48 bits per heavy atom. The van der Waals surface area contributed by atoms with Gasteiger partial charge in [-0.3, -0.25) is 10.0 Å². The number of carbonyl (C=O) groups excluding carboxylic acids is 1. The number of rotatable bonds is 3. The van der Waals surface area contributed by atoms with Crippen LogP contribution in [-0.2, 0) is 23.1 Å². The Hall–Kier alpha value is -2.64. The SMILES string of the molecule is CC(C)(C#N)c1ccc(-c2ccc3c(c2)CC(C(=O)NO)CC3)cc1. The average Bonchev–Trinajstić information content (AvgIpc) is 2.66. The van der Waals surface area contributed by atoms with Gasteiger partial charge in [0, 0.05) is 5.92 Å². The van der Waals surface area contributed by atoms with E-state index in [1.54, 1.807) is 5.48 Å². The molecule has 4 heteroatoms. The van der Waals surface area contributed by atoms with Crippen LogP contribution in [0.1, 0.15) is 37.0 Å². The van der Waals surface area contributed by atoms with E-state index in [9.17, 15) is 10.1 Å². The Kier molecular flexibility index (Phi) is 4.61. The van der Waals surface area contributed by atoms with E-state index in [4.69, 9.17) is 5.21 Å². The highest BCUT2D eigenvalue weighted by Crippen LogP contribution is 2.31. The van der Waals surface area contributed by atoms with E-state index < -0.39 is 5.41 Å². The van der Waals surface area contributed by atoms with E-state index in [0.717, 1.165) is 29.5 Å². The molecule has 0 spiro atoms. The first-order valence-electron chi connectivity index (χ1n) is 8.52. The van der Waals surface area contributed by atoms with E-state index in [1.807, 2.05) is 38.1 Å². The first-order valence-corrected chi connectivity index (χ1v) is 8.52. The molecule has 0 aromatic heterocycles. The number of fused-ring (bicyclic) bond motifs is 1. The van der Waals surface area contributed by atoms with E-state index in [2.05, 4.69) is 24.3 Å². The first kappa shape index (κ1) is 17.2. The Morgan fingerprint density at radius 1 is 1.16 bits per heavy atom. The van der Waals surface area contributed by atoms with E-state index in [0.29, 0.717) is 6.42 Å². The minimum absolute atomic E-state index is 0.174. The predicted octanol–water partition coefficient (Wildman–Crippen LogP) is 3.77. The van der Waals surface area contributed by atoms with Gasteiger partial charge >= 0.3 is 0 Å². The van der Waals surface area contributed by atoms with E-state index >= 15 is 0 Å². The number of aryl methyl sites for hydroxylation is 1. The number of nitriles is 1. The van der Waals surface area contributed by atoms with Crippen molar-refractivity contribution in [2.45, 2.75) is 38.5 Å². The molecule has 1 atom stereocenters. The van der Waals surface area contributed by atoms with Crippen LogP contribution in [0.3, 0.4) is 0 Å². The topological polar surface area (TPSA) is 73.1 Å². The largest absolute Gasteiger partial charge is 0.289 e. The maximum atomic E-state index is 11.7. The van der Waals surface area contributed by atoms with Crippen molar-refractivity contribution in [3.8, 4) is 17.2 Å². The Bertz CT molecular complexity index is 832. The van der Waals surface area contributed by atoms with Crippen LogP contribution in [0.25, 0.3) is 11.1 Å². The maximum absolute atomic E-state index is 11.7. The van der Waals surface area contributed by atoms with Crippen LogP contribution in [0, 0.1) is 17.2 Å². The van der Waals surface area contributed by atoms with Crippen molar-refractivity contribution in [3.63, 3.8) is 0 Å². The summed E-state index contributed by atoms with van der Waals surface area (Å²) in [7, 11) is 0. The fraction of sp³-hybridized carbons (Fsp3) is 0.333. The zero-order valence-corrected chi connectivity index (χ0v) is 14.5. The molecule has 128 valence electrons. The molecule has 1 aliphatic carbocycles. The van der Waals surface area contributed by atoms with Crippen LogP contribution >= 0.6 is 0 Å². The lowest BCUT2D eigenvalue weighted by molar-refractivity contribution is -0.133. The third kappa shape index (κ3) is 3.42. The molecular weight excluding hydrogens is 312 g/mol. The third-order valence-electron chi connectivity index (χ3n) is 5.14. The van der Waals surface area contributed by atoms with Crippen molar-refractivity contribution in [2.24, 2.45) is 5.92 Å². The molecule has 1 amide bonds. The van der Waals surface area contributed by atoms with Crippen LogP contribution in [0.5, 0.6) is 0 Å². The monoisotopic (exact) mass is 334 g/mol. The van der Waals surface area contributed by atoms with Gasteiger partial charge in [-0.2, -0.15) is 5.26 Å². The molecule has 1 unspecified atom stereocenters. The standard InChI is InChI=1S/C21H22N2O2/c1-21(2,13-22)19-9-7-14(8-10-19)16-5-3-15-4-6-17(20(24)23-25)12-18(15)11-16/h3,5,7-11,17,25H,4,6,12H2,1-2H3,(H,23,24). The molecule has 2 aromatic rings. The summed E-state index contributed by atoms with van der Waals surface area (Å²) in [6.07, 6.45) is 2.26. The molecule has 0 radical (unpaired) electrons. The van der Waals surface area contributed by atoms with Crippen LogP contribution in [0.15, 0.2) is 42.5 Å². The molecule has 0 aliphatic heterocycles. The van der Waals surface area contributed by atoms with Gasteiger partial charge in [-0.05, 0) is 60.9 Å². The van der Waals surface area contributed by atoms with Crippen molar-refractivity contribution < 1.29 is 10.0 Å². The average molecular weight is 334 g/mol. The highest BCUT2D eigenvalue weighted by Gasteiger charge is 2.25. The molecule has 4 nitrogen and oxygen atoms in total. The van der Waals surface area contributed by atoms with Gasteiger partial charge in [0.15, 0.2) is 0 Å². The number of amides is 1. The van der Waals surface area contributed by atoms with Crippen LogP contribution in [0.4, 0.5) is 0 Å². The Labute approximate surface area is 148 Å². The summed E-state index contributed by atoms with van der Waals surface area (Å²) in [5, 5.41) is 18.1. The summed E-state index contributed by atoms with van der Waals surface area (Å²) in [4.78, 5) is 11.7. The van der Waals surface area contributed by atoms with Gasteiger partial charge in [-0.1, -0.05) is 42.5 Å². The van der Waals surface area contributed by atoms with Gasteiger partial charge in [0.1, 0.15) is 0 Å². The second-order valence-corrected chi connectivity index (χ2v) is 7.21. The quantitative estimate of drug-likeness (QED) is 0.663. The van der Waals surface area contributed by atoms with Crippen LogP contribution in [-0.4, -0.2) is 11.1 Å². The van der Waals surface area contributed by atoms with Crippen molar-refractivity contribution in [3.05, 3.63) is 59.2 Å². The number of hydrogen-bond donors (Lipinski definition) is 2. The second-order valence-electron chi connectivity index (χ2n) is 7.21. The highest BCUT2D eigenvalue weighted by molar-refractivity contribution is 5.78. The minimum Gasteiger partial charge on any atom is -0.289 e. The number of hydrogen-bond acceptors (Lipinski definition) is 3. The molecule has 2 aromatic carbocycles. The van der Waals surface area contributed by atoms with Gasteiger partial charge in [0.25, 0.3) is 0 Å². The normalized spacial score (nSPS) is 16.6. The maximum Gasteiger partial charge on any atom is 0.246 e. The zero-order valence-electron chi connectivity index (χ0n) is 14.5. The van der Waals surface area contributed by atoms with Gasteiger partial charge in [0.05, 0.1) is 11.5 Å². The summed E-state index contributed by atoms with van der Waals surface area (Å²) >= 11 is 0. The fourth-order valence-corrected chi connectivity index (χ4v) is 3.40. The van der Waals surface area contributed by atoms with Crippen molar-refractivity contribution in [1.29, 1.82) is 5.26 Å². The molecule has 1 aliphatic rings. The zero-order chi connectivity index (χ0) is 18.0. The molecule has 0 bridgehead atoms. The third-order valence-corrected chi connectivity index (χ3v) is 5.14. The van der Waals surface area contributed by atoms with Gasteiger partial charge in [-0.25, -0.2) is 5.48 Å². The van der Waals surface area contributed by atoms with Crippen LogP contribution in [0.2, 0.25) is 0 Å². The van der Waals surface area contributed by atoms with Gasteiger partial charge in [0.2, 0.25) is 5.91 Å². The molecule has 0 saturated carbocycles. The fourth-order valence-electron chi connectivity index (χ4n) is 3.40. The molecule has 25 heavy (non-hydrogen) atoms. The van der Waals surface area contributed by atoms with E-state index in [-0.39, 0.29) is 11.8 Å². The summed E-state index contributed by atoms with van der Waals surface area (Å²) in [5.74, 6) is -0.481. The smallest absolute Gasteiger partial charge is 0.246 e. The van der Waals surface area contributed by atoms with Gasteiger partial charge in [-0.15, -0.1) is 0 Å².